The third-order valence-corrected chi connectivity index (χ3v) is 4.21. The Morgan fingerprint density at radius 1 is 1.45 bits per heavy atom. The van der Waals surface area contributed by atoms with Crippen molar-refractivity contribution in [1.82, 2.24) is 4.90 Å². The molecule has 0 aromatic heterocycles. The van der Waals surface area contributed by atoms with Gasteiger partial charge in [0.25, 0.3) is 5.91 Å². The molecular formula is C13H16ClIN2O3. The molecule has 7 heteroatoms. The first-order chi connectivity index (χ1) is 9.27. The van der Waals surface area contributed by atoms with Crippen LogP contribution in [-0.2, 0) is 4.79 Å². The van der Waals surface area contributed by atoms with Crippen LogP contribution in [0.2, 0.25) is 5.02 Å². The second-order valence-corrected chi connectivity index (χ2v) is 6.03. The third-order valence-electron chi connectivity index (χ3n) is 2.68. The summed E-state index contributed by atoms with van der Waals surface area (Å²) in [7, 11) is 1.48. The standard InChI is InChI=1S/C13H16ClIN2O3/c1-7(2)17(6-12(16)18)13(19)8-4-9(14)10(15)5-11(8)20-3/h4-5,7H,6H2,1-3H3,(H2,16,18). The van der Waals surface area contributed by atoms with Crippen LogP contribution in [0.5, 0.6) is 5.75 Å². The second-order valence-electron chi connectivity index (χ2n) is 4.46. The number of ether oxygens (including phenoxy) is 1. The molecule has 0 saturated carbocycles. The normalized spacial score (nSPS) is 10.5. The monoisotopic (exact) mass is 410 g/mol. The minimum atomic E-state index is -0.567. The Labute approximate surface area is 136 Å². The average molecular weight is 411 g/mol. The number of halogens is 2. The van der Waals surface area contributed by atoms with Crippen LogP contribution in [0.1, 0.15) is 24.2 Å². The highest BCUT2D eigenvalue weighted by Crippen LogP contribution is 2.29. The van der Waals surface area contributed by atoms with E-state index in [-0.39, 0.29) is 18.5 Å². The lowest BCUT2D eigenvalue weighted by Crippen LogP contribution is -2.42. The lowest BCUT2D eigenvalue weighted by molar-refractivity contribution is -0.119. The number of carbonyl (C=O) groups is 2. The Balaban J connectivity index is 3.23. The van der Waals surface area contributed by atoms with E-state index in [2.05, 4.69) is 22.6 Å². The van der Waals surface area contributed by atoms with Crippen molar-refractivity contribution in [3.05, 3.63) is 26.3 Å². The maximum atomic E-state index is 12.5. The van der Waals surface area contributed by atoms with Gasteiger partial charge in [-0.1, -0.05) is 11.6 Å². The molecule has 0 radical (unpaired) electrons. The number of carbonyl (C=O) groups excluding carboxylic acids is 2. The number of nitrogens with zero attached hydrogens (tertiary/aromatic N) is 1. The van der Waals surface area contributed by atoms with Crippen molar-refractivity contribution in [3.63, 3.8) is 0 Å². The molecule has 0 aliphatic carbocycles. The van der Waals surface area contributed by atoms with Gasteiger partial charge in [0.1, 0.15) is 5.75 Å². The number of hydrogen-bond donors (Lipinski definition) is 1. The van der Waals surface area contributed by atoms with Crippen molar-refractivity contribution in [1.29, 1.82) is 0 Å². The fraction of sp³-hybridized carbons (Fsp3) is 0.385. The van der Waals surface area contributed by atoms with Gasteiger partial charge < -0.3 is 15.4 Å². The maximum Gasteiger partial charge on any atom is 0.258 e. The highest BCUT2D eigenvalue weighted by atomic mass is 127. The molecule has 1 rings (SSSR count). The van der Waals surface area contributed by atoms with Gasteiger partial charge in [-0.3, -0.25) is 9.59 Å². The van der Waals surface area contributed by atoms with Crippen LogP contribution in [0.3, 0.4) is 0 Å². The van der Waals surface area contributed by atoms with Crippen molar-refractivity contribution in [3.8, 4) is 5.75 Å². The van der Waals surface area contributed by atoms with Gasteiger partial charge in [0.05, 0.1) is 24.2 Å². The molecular weight excluding hydrogens is 395 g/mol. The van der Waals surface area contributed by atoms with E-state index in [0.717, 1.165) is 3.57 Å². The zero-order valence-corrected chi connectivity index (χ0v) is 14.4. The SMILES string of the molecule is COc1cc(I)c(Cl)cc1C(=O)N(CC(N)=O)C(C)C. The minimum absolute atomic E-state index is 0.150. The summed E-state index contributed by atoms with van der Waals surface area (Å²) in [6.07, 6.45) is 0. The first kappa shape index (κ1) is 17.0. The van der Waals surface area contributed by atoms with Crippen LogP contribution in [0.4, 0.5) is 0 Å². The van der Waals surface area contributed by atoms with E-state index in [4.69, 9.17) is 22.1 Å². The van der Waals surface area contributed by atoms with E-state index >= 15 is 0 Å². The smallest absolute Gasteiger partial charge is 0.258 e. The number of benzene rings is 1. The van der Waals surface area contributed by atoms with Gasteiger partial charge in [-0.15, -0.1) is 0 Å². The Hall–Kier alpha value is -1.02. The van der Waals surface area contributed by atoms with E-state index in [0.29, 0.717) is 16.3 Å². The van der Waals surface area contributed by atoms with Crippen molar-refractivity contribution < 1.29 is 14.3 Å². The summed E-state index contributed by atoms with van der Waals surface area (Å²) in [5, 5.41) is 0.456. The predicted octanol–water partition coefficient (Wildman–Crippen LogP) is 2.29. The molecule has 0 unspecified atom stereocenters. The molecule has 110 valence electrons. The predicted molar refractivity (Wildman–Crippen MR) is 86.1 cm³/mol. The molecule has 0 atom stereocenters. The molecule has 2 amide bonds. The van der Waals surface area contributed by atoms with Gasteiger partial charge in [-0.2, -0.15) is 0 Å². The van der Waals surface area contributed by atoms with Crippen LogP contribution in [-0.4, -0.2) is 36.4 Å². The number of primary amides is 1. The Morgan fingerprint density at radius 2 is 2.05 bits per heavy atom. The van der Waals surface area contributed by atoms with Crippen molar-refractivity contribution in [2.75, 3.05) is 13.7 Å². The molecule has 1 aromatic carbocycles. The highest BCUT2D eigenvalue weighted by Gasteiger charge is 2.24. The topological polar surface area (TPSA) is 72.6 Å². The van der Waals surface area contributed by atoms with Crippen LogP contribution in [0.25, 0.3) is 0 Å². The quantitative estimate of drug-likeness (QED) is 0.757. The summed E-state index contributed by atoms with van der Waals surface area (Å²) >= 11 is 8.10. The number of rotatable bonds is 5. The molecule has 0 aliphatic rings. The van der Waals surface area contributed by atoms with Crippen LogP contribution in [0, 0.1) is 3.57 Å². The molecule has 0 spiro atoms. The van der Waals surface area contributed by atoms with E-state index in [9.17, 15) is 9.59 Å². The van der Waals surface area contributed by atoms with Crippen molar-refractivity contribution in [2.24, 2.45) is 5.73 Å². The van der Waals surface area contributed by atoms with E-state index in [1.54, 1.807) is 12.1 Å². The first-order valence-electron chi connectivity index (χ1n) is 5.90. The van der Waals surface area contributed by atoms with Crippen LogP contribution < -0.4 is 10.5 Å². The zero-order valence-electron chi connectivity index (χ0n) is 11.4. The molecule has 0 saturated heterocycles. The molecule has 20 heavy (non-hydrogen) atoms. The van der Waals surface area contributed by atoms with Gasteiger partial charge in [0, 0.05) is 9.61 Å². The third kappa shape index (κ3) is 3.99. The van der Waals surface area contributed by atoms with Crippen molar-refractivity contribution >= 4 is 46.0 Å². The number of hydrogen-bond acceptors (Lipinski definition) is 3. The number of amides is 2. The second kappa shape index (κ2) is 7.12. The summed E-state index contributed by atoms with van der Waals surface area (Å²) < 4.78 is 5.99. The fourth-order valence-electron chi connectivity index (χ4n) is 1.68. The lowest BCUT2D eigenvalue weighted by atomic mass is 10.1. The van der Waals surface area contributed by atoms with Crippen LogP contribution in [0.15, 0.2) is 12.1 Å². The molecule has 5 nitrogen and oxygen atoms in total. The summed E-state index contributed by atoms with van der Waals surface area (Å²) in [6, 6.07) is 3.05. The number of methoxy groups -OCH3 is 1. The maximum absolute atomic E-state index is 12.5. The summed E-state index contributed by atoms with van der Waals surface area (Å²) in [4.78, 5) is 25.0. The van der Waals surface area contributed by atoms with E-state index in [1.807, 2.05) is 13.8 Å². The molecule has 0 bridgehead atoms. The van der Waals surface area contributed by atoms with Gasteiger partial charge in [-0.05, 0) is 48.6 Å². The number of nitrogens with two attached hydrogens (primary N) is 1. The summed E-state index contributed by atoms with van der Waals surface area (Å²) in [5.74, 6) is -0.490. The Morgan fingerprint density at radius 3 is 2.50 bits per heavy atom. The first-order valence-corrected chi connectivity index (χ1v) is 7.35. The molecule has 1 aromatic rings. The molecule has 2 N–H and O–H groups in total. The van der Waals surface area contributed by atoms with E-state index in [1.165, 1.54) is 12.0 Å². The highest BCUT2D eigenvalue weighted by molar-refractivity contribution is 14.1. The van der Waals surface area contributed by atoms with Crippen molar-refractivity contribution in [2.45, 2.75) is 19.9 Å². The average Bonchev–Trinajstić information content (AvgIpc) is 2.37. The zero-order chi connectivity index (χ0) is 15.4. The van der Waals surface area contributed by atoms with E-state index < -0.39 is 5.91 Å². The fourth-order valence-corrected chi connectivity index (χ4v) is 2.28. The van der Waals surface area contributed by atoms with Crippen LogP contribution >= 0.6 is 34.2 Å². The van der Waals surface area contributed by atoms with Gasteiger partial charge in [-0.25, -0.2) is 0 Å². The summed E-state index contributed by atoms with van der Waals surface area (Å²) in [5.41, 5.74) is 5.49. The molecule has 0 aliphatic heterocycles. The largest absolute Gasteiger partial charge is 0.496 e. The van der Waals surface area contributed by atoms with Gasteiger partial charge in [0.2, 0.25) is 5.91 Å². The molecule has 0 fully saturated rings. The minimum Gasteiger partial charge on any atom is -0.496 e. The molecule has 0 heterocycles. The summed E-state index contributed by atoms with van der Waals surface area (Å²) in [6.45, 7) is 3.46. The Kier molecular flexibility index (Phi) is 6.07. The van der Waals surface area contributed by atoms with Gasteiger partial charge in [0.15, 0.2) is 0 Å². The Bertz CT molecular complexity index is 535. The lowest BCUT2D eigenvalue weighted by Gasteiger charge is -2.26. The van der Waals surface area contributed by atoms with Gasteiger partial charge >= 0.3 is 0 Å².